The third-order valence-corrected chi connectivity index (χ3v) is 5.16. The second-order valence-electron chi connectivity index (χ2n) is 6.99. The number of guanidine groups is 1. The Bertz CT molecular complexity index is 841. The van der Waals surface area contributed by atoms with Crippen molar-refractivity contribution in [3.8, 4) is 17.2 Å². The van der Waals surface area contributed by atoms with Gasteiger partial charge in [-0.15, -0.1) is 0 Å². The van der Waals surface area contributed by atoms with Crippen LogP contribution in [0.1, 0.15) is 12.0 Å². The van der Waals surface area contributed by atoms with Gasteiger partial charge in [-0.1, -0.05) is 18.2 Å². The van der Waals surface area contributed by atoms with Crippen molar-refractivity contribution in [3.05, 3.63) is 48.0 Å². The number of aliphatic imine (C=N–C) groups is 1. The topological polar surface area (TPSA) is 78.4 Å². The molecule has 1 aliphatic rings. The summed E-state index contributed by atoms with van der Waals surface area (Å²) >= 11 is 0. The van der Waals surface area contributed by atoms with Crippen LogP contribution >= 0.6 is 0 Å². The number of hydrogen-bond acceptors (Lipinski definition) is 5. The summed E-state index contributed by atoms with van der Waals surface area (Å²) in [6, 6.07) is 13.8. The van der Waals surface area contributed by atoms with Gasteiger partial charge in [-0.3, -0.25) is 4.99 Å². The van der Waals surface area contributed by atoms with Crippen LogP contribution in [0.5, 0.6) is 17.2 Å². The van der Waals surface area contributed by atoms with E-state index in [0.717, 1.165) is 42.5 Å². The third kappa shape index (κ3) is 5.25. The van der Waals surface area contributed by atoms with Gasteiger partial charge in [0.2, 0.25) is 0 Å². The number of benzene rings is 2. The predicted octanol–water partition coefficient (Wildman–Crippen LogP) is 2.40. The quantitative estimate of drug-likeness (QED) is 0.491. The molecule has 1 unspecified atom stereocenters. The number of ether oxygens (including phenoxy) is 2. The average molecular weight is 399 g/mol. The largest absolute Gasteiger partial charge is 0.508 e. The predicted molar refractivity (Wildman–Crippen MR) is 116 cm³/mol. The van der Waals surface area contributed by atoms with Crippen LogP contribution in [0.25, 0.3) is 0 Å². The van der Waals surface area contributed by atoms with E-state index in [9.17, 15) is 5.11 Å². The van der Waals surface area contributed by atoms with Crippen molar-refractivity contribution in [2.75, 3.05) is 45.8 Å². The lowest BCUT2D eigenvalue weighted by molar-refractivity contribution is 0.406. The van der Waals surface area contributed by atoms with Gasteiger partial charge in [-0.25, -0.2) is 0 Å². The lowest BCUT2D eigenvalue weighted by Gasteiger charge is -2.22. The monoisotopic (exact) mass is 398 g/mol. The van der Waals surface area contributed by atoms with Crippen LogP contribution in [-0.4, -0.2) is 58.0 Å². The van der Waals surface area contributed by atoms with E-state index in [0.29, 0.717) is 24.8 Å². The van der Waals surface area contributed by atoms with Crippen molar-refractivity contribution < 1.29 is 14.6 Å². The maximum atomic E-state index is 10.1. The fourth-order valence-corrected chi connectivity index (χ4v) is 3.57. The van der Waals surface area contributed by atoms with Crippen LogP contribution in [0.2, 0.25) is 0 Å². The molecule has 1 aliphatic heterocycles. The van der Waals surface area contributed by atoms with Gasteiger partial charge in [0.15, 0.2) is 5.96 Å². The van der Waals surface area contributed by atoms with E-state index in [4.69, 9.17) is 9.47 Å². The van der Waals surface area contributed by atoms with Crippen molar-refractivity contribution in [2.45, 2.75) is 18.9 Å². The molecular weight excluding hydrogens is 368 g/mol. The molecule has 0 amide bonds. The molecule has 0 saturated carbocycles. The summed E-state index contributed by atoms with van der Waals surface area (Å²) < 4.78 is 10.6. The Morgan fingerprint density at radius 3 is 2.76 bits per heavy atom. The van der Waals surface area contributed by atoms with Gasteiger partial charge in [-0.05, 0) is 36.6 Å². The van der Waals surface area contributed by atoms with Crippen molar-refractivity contribution in [1.29, 1.82) is 0 Å². The summed E-state index contributed by atoms with van der Waals surface area (Å²) in [5, 5.41) is 16.9. The first kappa shape index (κ1) is 20.6. The molecule has 156 valence electrons. The highest BCUT2D eigenvalue weighted by atomic mass is 16.5. The molecule has 0 aliphatic carbocycles. The minimum atomic E-state index is 0.248. The van der Waals surface area contributed by atoms with Crippen LogP contribution in [0.15, 0.2) is 47.5 Å². The summed E-state index contributed by atoms with van der Waals surface area (Å²) in [6.45, 7) is 2.53. The average Bonchev–Trinajstić information content (AvgIpc) is 3.22. The molecule has 0 aromatic heterocycles. The number of hydrogen-bond donors (Lipinski definition) is 3. The summed E-state index contributed by atoms with van der Waals surface area (Å²) in [4.78, 5) is 6.67. The molecule has 0 spiro atoms. The molecule has 3 rings (SSSR count). The van der Waals surface area contributed by atoms with Crippen molar-refractivity contribution in [1.82, 2.24) is 10.6 Å². The maximum absolute atomic E-state index is 10.1. The number of nitrogens with one attached hydrogen (secondary N) is 2. The number of rotatable bonds is 7. The molecule has 1 fully saturated rings. The third-order valence-electron chi connectivity index (χ3n) is 5.16. The molecule has 0 bridgehead atoms. The van der Waals surface area contributed by atoms with Crippen molar-refractivity contribution in [2.24, 2.45) is 4.99 Å². The number of phenolic OH excluding ortho intramolecular Hbond substituents is 1. The van der Waals surface area contributed by atoms with Gasteiger partial charge in [0.25, 0.3) is 0 Å². The van der Waals surface area contributed by atoms with Crippen LogP contribution in [0.3, 0.4) is 0 Å². The summed E-state index contributed by atoms with van der Waals surface area (Å²) in [5.41, 5.74) is 1.99. The zero-order valence-corrected chi connectivity index (χ0v) is 17.3. The molecule has 1 heterocycles. The van der Waals surface area contributed by atoms with Gasteiger partial charge >= 0.3 is 0 Å². The normalized spacial score (nSPS) is 16.6. The molecule has 0 radical (unpaired) electrons. The van der Waals surface area contributed by atoms with E-state index in [-0.39, 0.29) is 5.75 Å². The Kier molecular flexibility index (Phi) is 7.05. The molecule has 7 heteroatoms. The number of aromatic hydroxyl groups is 1. The highest BCUT2D eigenvalue weighted by Gasteiger charge is 2.25. The minimum absolute atomic E-state index is 0.248. The number of methoxy groups -OCH3 is 2. The smallest absolute Gasteiger partial charge is 0.191 e. The SMILES string of the molecule is CN=C(NCCc1ccc(OC)cc1O)NC1CCN(c2ccccc2OC)C1. The second kappa shape index (κ2) is 9.91. The van der Waals surface area contributed by atoms with E-state index in [1.54, 1.807) is 27.3 Å². The zero-order chi connectivity index (χ0) is 20.6. The molecule has 2 aromatic rings. The highest BCUT2D eigenvalue weighted by molar-refractivity contribution is 5.80. The zero-order valence-electron chi connectivity index (χ0n) is 17.3. The number of nitrogens with zero attached hydrogens (tertiary/aromatic N) is 2. The maximum Gasteiger partial charge on any atom is 0.191 e. The van der Waals surface area contributed by atoms with Crippen molar-refractivity contribution >= 4 is 11.6 Å². The van der Waals surface area contributed by atoms with Crippen LogP contribution in [0.4, 0.5) is 5.69 Å². The van der Waals surface area contributed by atoms with Gasteiger partial charge in [0.05, 0.1) is 19.9 Å². The lowest BCUT2D eigenvalue weighted by atomic mass is 10.1. The fourth-order valence-electron chi connectivity index (χ4n) is 3.57. The lowest BCUT2D eigenvalue weighted by Crippen LogP contribution is -2.45. The molecule has 2 aromatic carbocycles. The first-order chi connectivity index (χ1) is 14.1. The van der Waals surface area contributed by atoms with Gasteiger partial charge in [0, 0.05) is 38.8 Å². The fraction of sp³-hybridized carbons (Fsp3) is 0.409. The van der Waals surface area contributed by atoms with Crippen LogP contribution < -0.4 is 25.0 Å². The molecule has 3 N–H and O–H groups in total. The summed E-state index contributed by atoms with van der Waals surface area (Å²) in [7, 11) is 5.06. The van der Waals surface area contributed by atoms with Gasteiger partial charge in [-0.2, -0.15) is 0 Å². The first-order valence-corrected chi connectivity index (χ1v) is 9.85. The Morgan fingerprint density at radius 2 is 2.03 bits per heavy atom. The molecule has 7 nitrogen and oxygen atoms in total. The Hall–Kier alpha value is -3.09. The Labute approximate surface area is 172 Å². The highest BCUT2D eigenvalue weighted by Crippen LogP contribution is 2.30. The molecule has 29 heavy (non-hydrogen) atoms. The summed E-state index contributed by atoms with van der Waals surface area (Å²) in [5.74, 6) is 2.56. The number of anilines is 1. The van der Waals surface area contributed by atoms with E-state index < -0.39 is 0 Å². The van der Waals surface area contributed by atoms with Gasteiger partial charge < -0.3 is 30.1 Å². The van der Waals surface area contributed by atoms with E-state index >= 15 is 0 Å². The van der Waals surface area contributed by atoms with E-state index in [2.05, 4.69) is 26.6 Å². The first-order valence-electron chi connectivity index (χ1n) is 9.85. The Balaban J connectivity index is 1.49. The molecule has 1 atom stereocenters. The minimum Gasteiger partial charge on any atom is -0.508 e. The van der Waals surface area contributed by atoms with E-state index in [1.165, 1.54) is 0 Å². The second-order valence-corrected chi connectivity index (χ2v) is 6.99. The van der Waals surface area contributed by atoms with Gasteiger partial charge in [0.1, 0.15) is 17.2 Å². The van der Waals surface area contributed by atoms with E-state index in [1.807, 2.05) is 30.3 Å². The summed E-state index contributed by atoms with van der Waals surface area (Å²) in [6.07, 6.45) is 1.71. The number of phenols is 1. The standard InChI is InChI=1S/C22H30N4O3/c1-23-22(24-12-10-16-8-9-18(28-2)14-20(16)27)25-17-11-13-26(15-17)19-6-4-5-7-21(19)29-3/h4-9,14,17,27H,10-13,15H2,1-3H3,(H2,23,24,25). The van der Waals surface area contributed by atoms with Crippen molar-refractivity contribution in [3.63, 3.8) is 0 Å². The Morgan fingerprint density at radius 1 is 1.21 bits per heavy atom. The number of para-hydroxylation sites is 2. The van der Waals surface area contributed by atoms with Crippen LogP contribution in [-0.2, 0) is 6.42 Å². The van der Waals surface area contributed by atoms with Crippen LogP contribution in [0, 0.1) is 0 Å². The molecule has 1 saturated heterocycles. The molecular formula is C22H30N4O3.